The van der Waals surface area contributed by atoms with E-state index in [9.17, 15) is 0 Å². The fourth-order valence-corrected chi connectivity index (χ4v) is 10.1. The minimum absolute atomic E-state index is 1.19. The molecule has 0 spiro atoms. The second-order valence-corrected chi connectivity index (χ2v) is 17.3. The van der Waals surface area contributed by atoms with Crippen molar-refractivity contribution in [3.05, 3.63) is 255 Å². The molecule has 0 unspecified atom stereocenters. The third-order valence-corrected chi connectivity index (χ3v) is 13.4. The number of benzene rings is 11. The highest BCUT2D eigenvalue weighted by Crippen LogP contribution is 2.46. The summed E-state index contributed by atoms with van der Waals surface area (Å²) >= 11 is 0. The van der Waals surface area contributed by atoms with Gasteiger partial charge in [-0.05, 0) is 142 Å². The van der Waals surface area contributed by atoms with E-state index in [4.69, 9.17) is 0 Å². The average Bonchev–Trinajstić information content (AvgIpc) is 3.69. The predicted molar refractivity (Wildman–Crippen MR) is 281 cm³/mol. The van der Waals surface area contributed by atoms with Crippen LogP contribution >= 0.6 is 0 Å². The van der Waals surface area contributed by atoms with Crippen molar-refractivity contribution in [2.75, 3.05) is 0 Å². The smallest absolute Gasteiger partial charge is 0.0568 e. The molecule has 1 aromatic heterocycles. The van der Waals surface area contributed by atoms with Gasteiger partial charge in [0.1, 0.15) is 0 Å². The highest BCUT2D eigenvalue weighted by molar-refractivity contribution is 6.09. The van der Waals surface area contributed by atoms with Crippen molar-refractivity contribution in [1.29, 1.82) is 0 Å². The first kappa shape index (κ1) is 39.1. The highest BCUT2D eigenvalue weighted by Gasteiger charge is 2.22. The summed E-state index contributed by atoms with van der Waals surface area (Å²) < 4.78 is 2.40. The summed E-state index contributed by atoms with van der Waals surface area (Å²) in [5, 5.41) is 6.16. The Hall–Kier alpha value is -8.52. The van der Waals surface area contributed by atoms with Gasteiger partial charge in [-0.2, -0.15) is 0 Å². The third-order valence-electron chi connectivity index (χ3n) is 13.4. The summed E-state index contributed by atoms with van der Waals surface area (Å²) in [6.07, 6.45) is 0. The van der Waals surface area contributed by atoms with Crippen molar-refractivity contribution < 1.29 is 0 Å². The number of hydrogen-bond acceptors (Lipinski definition) is 0. The largest absolute Gasteiger partial charge is 0.343 e. The lowest BCUT2D eigenvalue weighted by molar-refractivity contribution is 0.979. The highest BCUT2D eigenvalue weighted by atomic mass is 15.0. The number of aryl methyl sites for hydroxylation is 1. The van der Waals surface area contributed by atoms with Gasteiger partial charge in [-0.3, -0.25) is 0 Å². The zero-order valence-corrected chi connectivity index (χ0v) is 36.7. The maximum Gasteiger partial charge on any atom is 0.0568 e. The maximum absolute atomic E-state index is 2.40. The van der Waals surface area contributed by atoms with Crippen molar-refractivity contribution in [2.45, 2.75) is 0 Å². The second-order valence-electron chi connectivity index (χ2n) is 17.3. The molecular formula is C65H45N. The molecule has 0 saturated carbocycles. The van der Waals surface area contributed by atoms with Crippen molar-refractivity contribution in [3.8, 4) is 89.1 Å². The first-order chi connectivity index (χ1) is 32.6. The average molecular weight is 840 g/mol. The molecule has 0 radical (unpaired) electrons. The molecule has 1 nitrogen and oxygen atoms in total. The van der Waals surface area contributed by atoms with Gasteiger partial charge in [0, 0.05) is 23.5 Å². The Morgan fingerprint density at radius 2 is 0.636 bits per heavy atom. The Balaban J connectivity index is 0.953. The molecule has 0 aliphatic carbocycles. The van der Waals surface area contributed by atoms with Crippen molar-refractivity contribution in [1.82, 2.24) is 4.57 Å². The van der Waals surface area contributed by atoms with Crippen LogP contribution < -0.4 is 0 Å². The monoisotopic (exact) mass is 839 g/mol. The van der Waals surface area contributed by atoms with Crippen LogP contribution in [-0.2, 0) is 7.05 Å². The molecule has 0 amide bonds. The van der Waals surface area contributed by atoms with Crippen LogP contribution in [0.5, 0.6) is 0 Å². The molecule has 1 heterocycles. The van der Waals surface area contributed by atoms with Gasteiger partial charge in [-0.25, -0.2) is 0 Å². The maximum atomic E-state index is 2.40. The van der Waals surface area contributed by atoms with E-state index < -0.39 is 0 Å². The Morgan fingerprint density at radius 1 is 0.242 bits per heavy atom. The molecule has 11 aromatic carbocycles. The van der Waals surface area contributed by atoms with Gasteiger partial charge in [0.05, 0.1) is 5.69 Å². The quantitative estimate of drug-likeness (QED) is 0.134. The number of aromatic nitrogens is 1. The van der Waals surface area contributed by atoms with Gasteiger partial charge >= 0.3 is 0 Å². The van der Waals surface area contributed by atoms with Crippen LogP contribution in [-0.4, -0.2) is 4.57 Å². The molecule has 0 saturated heterocycles. The Morgan fingerprint density at radius 3 is 1.18 bits per heavy atom. The van der Waals surface area contributed by atoms with E-state index in [1.807, 2.05) is 0 Å². The molecule has 0 atom stereocenters. The van der Waals surface area contributed by atoms with E-state index in [-0.39, 0.29) is 0 Å². The van der Waals surface area contributed by atoms with E-state index in [2.05, 4.69) is 266 Å². The minimum atomic E-state index is 1.19. The van der Waals surface area contributed by atoms with E-state index in [0.717, 1.165) is 0 Å². The molecule has 66 heavy (non-hydrogen) atoms. The Kier molecular flexibility index (Phi) is 9.81. The van der Waals surface area contributed by atoms with Gasteiger partial charge in [-0.1, -0.05) is 212 Å². The standard InChI is InChI=1S/C65H45N/c1-66-63-43-54(33-36-60(63)64(65(66)48-25-15-6-16-26-48)59-35-32-53(45-19-9-3-10-20-45)42-62(59)47-23-13-5-14-24-47)49-27-28-50-39-57-40-55(30-29-51(57)38-56(50)37-49)58-34-31-52(44-17-7-2-8-18-44)41-61(58)46-21-11-4-12-22-46/h2-43H,1H3. The Labute approximate surface area is 386 Å². The van der Waals surface area contributed by atoms with Crippen LogP contribution in [0.3, 0.4) is 0 Å². The zero-order valence-electron chi connectivity index (χ0n) is 36.7. The van der Waals surface area contributed by atoms with Gasteiger partial charge < -0.3 is 4.57 Å². The van der Waals surface area contributed by atoms with Gasteiger partial charge in [0.2, 0.25) is 0 Å². The summed E-state index contributed by atoms with van der Waals surface area (Å²) in [7, 11) is 2.22. The molecular weight excluding hydrogens is 795 g/mol. The van der Waals surface area contributed by atoms with Crippen molar-refractivity contribution in [3.63, 3.8) is 0 Å². The van der Waals surface area contributed by atoms with Crippen LogP contribution in [0.25, 0.3) is 122 Å². The molecule has 310 valence electrons. The Bertz CT molecular complexity index is 3720. The van der Waals surface area contributed by atoms with Crippen LogP contribution in [0.15, 0.2) is 255 Å². The summed E-state index contributed by atoms with van der Waals surface area (Å²) in [5.74, 6) is 0. The first-order valence-corrected chi connectivity index (χ1v) is 22.8. The fraction of sp³-hybridized carbons (Fsp3) is 0.0154. The molecule has 0 aliphatic heterocycles. The number of hydrogen-bond donors (Lipinski definition) is 0. The molecule has 12 aromatic rings. The number of nitrogens with zero attached hydrogens (tertiary/aromatic N) is 1. The van der Waals surface area contributed by atoms with Crippen molar-refractivity contribution >= 4 is 32.4 Å². The van der Waals surface area contributed by atoms with Crippen LogP contribution in [0.4, 0.5) is 0 Å². The van der Waals surface area contributed by atoms with E-state index >= 15 is 0 Å². The number of fused-ring (bicyclic) bond motifs is 3. The third kappa shape index (κ3) is 7.08. The molecule has 0 fully saturated rings. The summed E-state index contributed by atoms with van der Waals surface area (Å²) in [4.78, 5) is 0. The first-order valence-electron chi connectivity index (χ1n) is 22.8. The zero-order chi connectivity index (χ0) is 44.0. The second kappa shape index (κ2) is 16.6. The normalized spacial score (nSPS) is 11.4. The lowest BCUT2D eigenvalue weighted by Gasteiger charge is -2.15. The topological polar surface area (TPSA) is 4.93 Å². The van der Waals surface area contributed by atoms with Crippen molar-refractivity contribution in [2.24, 2.45) is 7.05 Å². The van der Waals surface area contributed by atoms with Gasteiger partial charge in [-0.15, -0.1) is 0 Å². The van der Waals surface area contributed by atoms with E-state index in [1.165, 1.54) is 122 Å². The van der Waals surface area contributed by atoms with E-state index in [0.29, 0.717) is 0 Å². The fourth-order valence-electron chi connectivity index (χ4n) is 10.1. The SMILES string of the molecule is Cn1c(-c2ccccc2)c(-c2ccc(-c3ccccc3)cc2-c2ccccc2)c2ccc(-c3ccc4cc5cc(-c6ccc(-c7ccccc7)cc6-c6ccccc6)ccc5cc4c3)cc21. The van der Waals surface area contributed by atoms with E-state index in [1.54, 1.807) is 0 Å². The summed E-state index contributed by atoms with van der Waals surface area (Å²) in [6.45, 7) is 0. The van der Waals surface area contributed by atoms with Crippen LogP contribution in [0, 0.1) is 0 Å². The van der Waals surface area contributed by atoms with Crippen LogP contribution in [0.1, 0.15) is 0 Å². The predicted octanol–water partition coefficient (Wildman–Crippen LogP) is 17.8. The summed E-state index contributed by atoms with van der Waals surface area (Å²) in [6, 6.07) is 93.3. The molecule has 0 aliphatic rings. The lowest BCUT2D eigenvalue weighted by Crippen LogP contribution is -1.94. The molecule has 1 heteroatoms. The minimum Gasteiger partial charge on any atom is -0.343 e. The lowest BCUT2D eigenvalue weighted by atomic mass is 9.88. The van der Waals surface area contributed by atoms with Gasteiger partial charge in [0.15, 0.2) is 0 Å². The molecule has 0 N–H and O–H groups in total. The molecule has 12 rings (SSSR count). The van der Waals surface area contributed by atoms with Gasteiger partial charge in [0.25, 0.3) is 0 Å². The summed E-state index contributed by atoms with van der Waals surface area (Å²) in [5.41, 5.74) is 20.6. The van der Waals surface area contributed by atoms with Crippen LogP contribution in [0.2, 0.25) is 0 Å². The molecule has 0 bridgehead atoms. The number of rotatable bonds is 8.